The van der Waals surface area contributed by atoms with Crippen LogP contribution < -0.4 is 0 Å². The molecule has 5 heteroatoms. The summed E-state index contributed by atoms with van der Waals surface area (Å²) in [5.74, 6) is -0.854. The molecule has 5 nitrogen and oxygen atoms in total. The van der Waals surface area contributed by atoms with Crippen molar-refractivity contribution in [2.24, 2.45) is 0 Å². The first-order valence-electron chi connectivity index (χ1n) is 6.54. The molecular formula is C13H24N2O3. The molecule has 0 bridgehead atoms. The number of carbonyl (C=O) groups excluding carboxylic acids is 1. The average molecular weight is 256 g/mol. The molecule has 0 aliphatic carbocycles. The second-order valence-corrected chi connectivity index (χ2v) is 5.63. The van der Waals surface area contributed by atoms with E-state index in [0.717, 1.165) is 19.6 Å². The average Bonchev–Trinajstić information content (AvgIpc) is 2.75. The molecule has 1 aliphatic rings. The summed E-state index contributed by atoms with van der Waals surface area (Å²) in [5, 5.41) is 8.84. The lowest BCUT2D eigenvalue weighted by Crippen LogP contribution is -2.47. The Hall–Kier alpha value is -1.10. The van der Waals surface area contributed by atoms with Crippen molar-refractivity contribution in [1.29, 1.82) is 0 Å². The van der Waals surface area contributed by atoms with E-state index in [1.807, 2.05) is 0 Å². The fourth-order valence-corrected chi connectivity index (χ4v) is 2.25. The number of aliphatic carboxylic acids is 1. The number of amides is 1. The molecule has 18 heavy (non-hydrogen) atoms. The monoisotopic (exact) mass is 256 g/mol. The Bertz CT molecular complexity index is 309. The number of hydrogen-bond donors (Lipinski definition) is 1. The van der Waals surface area contributed by atoms with Crippen LogP contribution in [0.3, 0.4) is 0 Å². The van der Waals surface area contributed by atoms with Gasteiger partial charge < -0.3 is 14.9 Å². The van der Waals surface area contributed by atoms with E-state index < -0.39 is 11.5 Å². The predicted molar refractivity (Wildman–Crippen MR) is 69.4 cm³/mol. The first-order valence-corrected chi connectivity index (χ1v) is 6.54. The molecule has 0 spiro atoms. The van der Waals surface area contributed by atoms with Gasteiger partial charge in [-0.15, -0.1) is 0 Å². The highest BCUT2D eigenvalue weighted by atomic mass is 16.4. The molecule has 1 amide bonds. The normalized spacial score (nSPS) is 16.8. The Morgan fingerprint density at radius 1 is 1.28 bits per heavy atom. The van der Waals surface area contributed by atoms with Gasteiger partial charge in [0.2, 0.25) is 5.91 Å². The van der Waals surface area contributed by atoms with E-state index in [9.17, 15) is 9.59 Å². The molecule has 0 radical (unpaired) electrons. The van der Waals surface area contributed by atoms with Gasteiger partial charge in [-0.05, 0) is 39.8 Å². The molecule has 0 aromatic heterocycles. The molecule has 0 unspecified atom stereocenters. The van der Waals surface area contributed by atoms with E-state index in [0.29, 0.717) is 6.42 Å². The first-order chi connectivity index (χ1) is 8.33. The summed E-state index contributed by atoms with van der Waals surface area (Å²) >= 11 is 0. The number of hydrogen-bond acceptors (Lipinski definition) is 3. The molecule has 0 atom stereocenters. The zero-order valence-corrected chi connectivity index (χ0v) is 11.6. The molecular weight excluding hydrogens is 232 g/mol. The van der Waals surface area contributed by atoms with E-state index in [-0.39, 0.29) is 12.3 Å². The van der Waals surface area contributed by atoms with Crippen molar-refractivity contribution in [3.05, 3.63) is 0 Å². The fraction of sp³-hybridized carbons (Fsp3) is 0.846. The van der Waals surface area contributed by atoms with Crippen LogP contribution in [-0.4, -0.2) is 59.0 Å². The van der Waals surface area contributed by atoms with Gasteiger partial charge >= 0.3 is 5.97 Å². The highest BCUT2D eigenvalue weighted by molar-refractivity contribution is 5.78. The van der Waals surface area contributed by atoms with E-state index >= 15 is 0 Å². The summed E-state index contributed by atoms with van der Waals surface area (Å²) in [6.07, 6.45) is 2.88. The molecule has 104 valence electrons. The van der Waals surface area contributed by atoms with Crippen LogP contribution >= 0.6 is 0 Å². The van der Waals surface area contributed by atoms with Crippen molar-refractivity contribution < 1.29 is 14.7 Å². The third kappa shape index (κ3) is 4.29. The topological polar surface area (TPSA) is 60.9 Å². The zero-order chi connectivity index (χ0) is 13.8. The largest absolute Gasteiger partial charge is 0.481 e. The Kier molecular flexibility index (Phi) is 5.14. The van der Waals surface area contributed by atoms with Gasteiger partial charge in [0.05, 0.1) is 6.42 Å². The van der Waals surface area contributed by atoms with Crippen LogP contribution in [-0.2, 0) is 9.59 Å². The smallest absolute Gasteiger partial charge is 0.305 e. The van der Waals surface area contributed by atoms with Crippen molar-refractivity contribution in [1.82, 2.24) is 9.80 Å². The number of nitrogens with zero attached hydrogens (tertiary/aromatic N) is 2. The molecule has 0 saturated carbocycles. The fourth-order valence-electron chi connectivity index (χ4n) is 2.25. The number of carboxylic acid groups (broad SMARTS) is 1. The lowest BCUT2D eigenvalue weighted by atomic mass is 9.98. The van der Waals surface area contributed by atoms with Crippen LogP contribution in [0.15, 0.2) is 0 Å². The molecule has 1 heterocycles. The van der Waals surface area contributed by atoms with Gasteiger partial charge in [0.15, 0.2) is 0 Å². The second kappa shape index (κ2) is 6.18. The van der Waals surface area contributed by atoms with Gasteiger partial charge in [-0.2, -0.15) is 0 Å². The minimum atomic E-state index is -0.876. The summed E-state index contributed by atoms with van der Waals surface area (Å²) in [6.45, 7) is 6.51. The third-order valence-corrected chi connectivity index (χ3v) is 3.71. The van der Waals surface area contributed by atoms with Crippen molar-refractivity contribution in [3.8, 4) is 0 Å². The lowest BCUT2D eigenvalue weighted by molar-refractivity contribution is -0.143. The predicted octanol–water partition coefficient (Wildman–Crippen LogP) is 1.18. The van der Waals surface area contributed by atoms with Crippen LogP contribution in [0.4, 0.5) is 0 Å². The van der Waals surface area contributed by atoms with Crippen LogP contribution in [0.2, 0.25) is 0 Å². The minimum absolute atomic E-state index is 0.0214. The first kappa shape index (κ1) is 15.0. The molecule has 1 N–H and O–H groups in total. The van der Waals surface area contributed by atoms with Crippen LogP contribution in [0, 0.1) is 0 Å². The highest BCUT2D eigenvalue weighted by Crippen LogP contribution is 2.18. The maximum absolute atomic E-state index is 12.0. The molecule has 1 rings (SSSR count). The van der Waals surface area contributed by atoms with E-state index in [1.54, 1.807) is 25.8 Å². The summed E-state index contributed by atoms with van der Waals surface area (Å²) in [7, 11) is 1.69. The number of likely N-dealkylation sites (tertiary alicyclic amines) is 1. The minimum Gasteiger partial charge on any atom is -0.481 e. The third-order valence-electron chi connectivity index (χ3n) is 3.71. The van der Waals surface area contributed by atoms with Crippen LogP contribution in [0.25, 0.3) is 0 Å². The van der Waals surface area contributed by atoms with E-state index in [4.69, 9.17) is 5.11 Å². The molecule has 0 aromatic carbocycles. The van der Waals surface area contributed by atoms with Crippen LogP contribution in [0.5, 0.6) is 0 Å². The SMILES string of the molecule is CN(C(=O)CCN1CCCC1)C(C)(C)CC(=O)O. The number of carboxylic acids is 1. The number of carbonyl (C=O) groups is 2. The van der Waals surface area contributed by atoms with Gasteiger partial charge in [0.25, 0.3) is 0 Å². The van der Waals surface area contributed by atoms with Crippen molar-refractivity contribution in [2.75, 3.05) is 26.7 Å². The Morgan fingerprint density at radius 2 is 1.83 bits per heavy atom. The number of rotatable bonds is 6. The molecule has 0 aromatic rings. The maximum atomic E-state index is 12.0. The second-order valence-electron chi connectivity index (χ2n) is 5.63. The summed E-state index contributed by atoms with van der Waals surface area (Å²) in [5.41, 5.74) is -0.631. The molecule has 1 saturated heterocycles. The summed E-state index contributed by atoms with van der Waals surface area (Å²) in [4.78, 5) is 26.7. The Balaban J connectivity index is 2.41. The summed E-state index contributed by atoms with van der Waals surface area (Å²) < 4.78 is 0. The Morgan fingerprint density at radius 3 is 2.33 bits per heavy atom. The summed E-state index contributed by atoms with van der Waals surface area (Å²) in [6, 6.07) is 0. The van der Waals surface area contributed by atoms with Gasteiger partial charge in [-0.1, -0.05) is 0 Å². The lowest BCUT2D eigenvalue weighted by Gasteiger charge is -2.35. The van der Waals surface area contributed by atoms with Crippen molar-refractivity contribution in [3.63, 3.8) is 0 Å². The van der Waals surface area contributed by atoms with Gasteiger partial charge in [-0.25, -0.2) is 0 Å². The standard InChI is InChI=1S/C13H24N2O3/c1-13(2,10-12(17)18)14(3)11(16)6-9-15-7-4-5-8-15/h4-10H2,1-3H3,(H,17,18). The van der Waals surface area contributed by atoms with Gasteiger partial charge in [0.1, 0.15) is 0 Å². The molecule has 1 aliphatic heterocycles. The van der Waals surface area contributed by atoms with Gasteiger partial charge in [0, 0.05) is 25.6 Å². The Labute approximate surface area is 109 Å². The maximum Gasteiger partial charge on any atom is 0.305 e. The highest BCUT2D eigenvalue weighted by Gasteiger charge is 2.30. The quantitative estimate of drug-likeness (QED) is 0.775. The molecule has 1 fully saturated rings. The van der Waals surface area contributed by atoms with Crippen molar-refractivity contribution >= 4 is 11.9 Å². The van der Waals surface area contributed by atoms with Crippen LogP contribution in [0.1, 0.15) is 39.5 Å². The van der Waals surface area contributed by atoms with E-state index in [1.165, 1.54) is 12.8 Å². The zero-order valence-electron chi connectivity index (χ0n) is 11.6. The van der Waals surface area contributed by atoms with Gasteiger partial charge in [-0.3, -0.25) is 9.59 Å². The van der Waals surface area contributed by atoms with E-state index in [2.05, 4.69) is 4.90 Å². The van der Waals surface area contributed by atoms with Crippen molar-refractivity contribution in [2.45, 2.75) is 45.1 Å².